The van der Waals surface area contributed by atoms with Crippen LogP contribution in [0, 0.1) is 16.0 Å². The lowest BCUT2D eigenvalue weighted by Gasteiger charge is -2.37. The summed E-state index contributed by atoms with van der Waals surface area (Å²) in [7, 11) is 0. The number of fused-ring (bicyclic) bond motifs is 1. The zero-order chi connectivity index (χ0) is 18.7. The van der Waals surface area contributed by atoms with Crippen molar-refractivity contribution in [1.82, 2.24) is 14.8 Å². The molecular formula is C18H25ClN4O3. The molecule has 0 radical (unpaired) electrons. The topological polar surface area (TPSA) is 71.7 Å². The number of halogens is 1. The summed E-state index contributed by atoms with van der Waals surface area (Å²) in [5.74, 6) is 0.553. The third-order valence-corrected chi connectivity index (χ3v) is 5.17. The molecule has 142 valence electrons. The molecule has 1 aromatic heterocycles. The monoisotopic (exact) mass is 380 g/mol. The lowest BCUT2D eigenvalue weighted by atomic mass is 9.98. The van der Waals surface area contributed by atoms with Gasteiger partial charge in [0.1, 0.15) is 11.4 Å². The van der Waals surface area contributed by atoms with Crippen LogP contribution in [0.5, 0.6) is 0 Å². The summed E-state index contributed by atoms with van der Waals surface area (Å²) in [5, 5.41) is 12.2. The Bertz CT molecular complexity index is 680. The highest BCUT2D eigenvalue weighted by molar-refractivity contribution is 6.29. The molecule has 0 bridgehead atoms. The van der Waals surface area contributed by atoms with Crippen LogP contribution in [-0.2, 0) is 11.3 Å². The number of hydrogen-bond donors (Lipinski definition) is 0. The van der Waals surface area contributed by atoms with E-state index in [1.807, 2.05) is 13.0 Å². The van der Waals surface area contributed by atoms with Crippen LogP contribution in [-0.4, -0.2) is 45.6 Å². The Balaban J connectivity index is 1.85. The Hall–Kier alpha value is -1.86. The van der Waals surface area contributed by atoms with Gasteiger partial charge >= 0.3 is 0 Å². The van der Waals surface area contributed by atoms with E-state index < -0.39 is 0 Å². The molecule has 0 aliphatic carbocycles. The van der Waals surface area contributed by atoms with Crippen LogP contribution in [0.1, 0.15) is 38.7 Å². The minimum Gasteiger partial charge on any atom is -0.358 e. The van der Waals surface area contributed by atoms with Crippen molar-refractivity contribution in [3.8, 4) is 0 Å². The first-order valence-electron chi connectivity index (χ1n) is 9.13. The summed E-state index contributed by atoms with van der Waals surface area (Å²) >= 11 is 5.85. The molecular weight excluding hydrogens is 356 g/mol. The molecule has 1 saturated heterocycles. The van der Waals surface area contributed by atoms with Crippen molar-refractivity contribution < 1.29 is 9.66 Å². The van der Waals surface area contributed by atoms with Crippen LogP contribution in [0.4, 0.5) is 0 Å². The van der Waals surface area contributed by atoms with Gasteiger partial charge in [-0.15, -0.1) is 0 Å². The zero-order valence-corrected chi connectivity index (χ0v) is 16.0. The molecule has 0 saturated carbocycles. The molecule has 2 unspecified atom stereocenters. The fourth-order valence-corrected chi connectivity index (χ4v) is 3.74. The van der Waals surface area contributed by atoms with Crippen LogP contribution in [0.3, 0.4) is 0 Å². The van der Waals surface area contributed by atoms with Crippen molar-refractivity contribution >= 4 is 11.6 Å². The maximum Gasteiger partial charge on any atom is 0.289 e. The minimum atomic E-state index is -0.228. The van der Waals surface area contributed by atoms with Crippen LogP contribution >= 0.6 is 11.6 Å². The first-order chi connectivity index (χ1) is 12.5. The van der Waals surface area contributed by atoms with E-state index in [0.717, 1.165) is 31.5 Å². The fraction of sp³-hybridized carbons (Fsp3) is 0.611. The predicted octanol–water partition coefficient (Wildman–Crippen LogP) is 3.48. The summed E-state index contributed by atoms with van der Waals surface area (Å²) in [6.45, 7) is 6.76. The van der Waals surface area contributed by atoms with E-state index in [4.69, 9.17) is 16.3 Å². The normalized spacial score (nSPS) is 22.7. The highest BCUT2D eigenvalue weighted by Gasteiger charge is 2.45. The van der Waals surface area contributed by atoms with E-state index in [1.165, 1.54) is 0 Å². The Labute approximate surface area is 158 Å². The number of unbranched alkanes of at least 4 members (excludes halogenated alkanes) is 1. The van der Waals surface area contributed by atoms with E-state index in [9.17, 15) is 10.1 Å². The molecule has 26 heavy (non-hydrogen) atoms. The third kappa shape index (κ3) is 3.94. The smallest absolute Gasteiger partial charge is 0.289 e. The maximum atomic E-state index is 11.7. The van der Waals surface area contributed by atoms with Crippen LogP contribution in [0.25, 0.3) is 0 Å². The summed E-state index contributed by atoms with van der Waals surface area (Å²) in [6.07, 6.45) is 4.35. The lowest BCUT2D eigenvalue weighted by molar-refractivity contribution is -0.439. The third-order valence-electron chi connectivity index (χ3n) is 4.95. The van der Waals surface area contributed by atoms with Crippen molar-refractivity contribution in [1.29, 1.82) is 0 Å². The molecule has 0 N–H and O–H groups in total. The molecule has 1 aromatic rings. The predicted molar refractivity (Wildman–Crippen MR) is 98.8 cm³/mol. The number of hydrogen-bond acceptors (Lipinski definition) is 6. The number of nitro groups is 1. The Morgan fingerprint density at radius 1 is 1.42 bits per heavy atom. The van der Waals surface area contributed by atoms with Crippen LogP contribution < -0.4 is 0 Å². The van der Waals surface area contributed by atoms with Gasteiger partial charge < -0.3 is 14.5 Å². The van der Waals surface area contributed by atoms with E-state index in [0.29, 0.717) is 36.2 Å². The molecule has 2 aliphatic heterocycles. The molecule has 0 aromatic carbocycles. The van der Waals surface area contributed by atoms with Crippen molar-refractivity contribution in [3.63, 3.8) is 0 Å². The van der Waals surface area contributed by atoms with Crippen molar-refractivity contribution in [2.45, 2.75) is 45.9 Å². The molecule has 3 heterocycles. The van der Waals surface area contributed by atoms with E-state index in [-0.39, 0.29) is 17.1 Å². The first-order valence-corrected chi connectivity index (χ1v) is 9.51. The molecule has 3 rings (SSSR count). The van der Waals surface area contributed by atoms with E-state index >= 15 is 0 Å². The summed E-state index contributed by atoms with van der Waals surface area (Å²) in [4.78, 5) is 19.8. The zero-order valence-electron chi connectivity index (χ0n) is 15.2. The minimum absolute atomic E-state index is 0.0939. The Kier molecular flexibility index (Phi) is 5.98. The maximum absolute atomic E-state index is 11.7. The average Bonchev–Trinajstić information content (AvgIpc) is 3.00. The van der Waals surface area contributed by atoms with Gasteiger partial charge in [0.2, 0.25) is 0 Å². The lowest BCUT2D eigenvalue weighted by Crippen LogP contribution is -2.43. The second-order valence-electron chi connectivity index (χ2n) is 6.89. The largest absolute Gasteiger partial charge is 0.358 e. The second kappa shape index (κ2) is 8.22. The quantitative estimate of drug-likeness (QED) is 0.312. The highest BCUT2D eigenvalue weighted by atomic mass is 35.5. The van der Waals surface area contributed by atoms with Gasteiger partial charge in [0, 0.05) is 38.9 Å². The summed E-state index contributed by atoms with van der Waals surface area (Å²) in [5.41, 5.74) is 1.27. The van der Waals surface area contributed by atoms with Gasteiger partial charge in [-0.2, -0.15) is 0 Å². The SMILES string of the molecule is CCCCOC1CC(C)C([N+](=O)[O-])=C2N(Cc3ccc(Cl)nc3)CCN21. The van der Waals surface area contributed by atoms with Gasteiger partial charge in [-0.05, 0) is 18.1 Å². The van der Waals surface area contributed by atoms with Crippen molar-refractivity contribution in [2.24, 2.45) is 5.92 Å². The summed E-state index contributed by atoms with van der Waals surface area (Å²) in [6, 6.07) is 3.65. The van der Waals surface area contributed by atoms with Gasteiger partial charge in [0.05, 0.1) is 10.8 Å². The summed E-state index contributed by atoms with van der Waals surface area (Å²) < 4.78 is 6.06. The number of aromatic nitrogens is 1. The number of ether oxygens (including phenoxy) is 1. The van der Waals surface area contributed by atoms with E-state index in [2.05, 4.69) is 21.7 Å². The van der Waals surface area contributed by atoms with Crippen LogP contribution in [0.2, 0.25) is 5.15 Å². The Morgan fingerprint density at radius 2 is 2.23 bits per heavy atom. The van der Waals surface area contributed by atoms with Gasteiger partial charge in [-0.3, -0.25) is 10.1 Å². The van der Waals surface area contributed by atoms with Gasteiger partial charge in [-0.1, -0.05) is 37.9 Å². The van der Waals surface area contributed by atoms with Gasteiger partial charge in [-0.25, -0.2) is 4.98 Å². The Morgan fingerprint density at radius 3 is 2.88 bits per heavy atom. The number of rotatable bonds is 7. The number of nitrogens with zero attached hydrogens (tertiary/aromatic N) is 4. The van der Waals surface area contributed by atoms with Crippen LogP contribution in [0.15, 0.2) is 29.8 Å². The fourth-order valence-electron chi connectivity index (χ4n) is 3.63. The second-order valence-corrected chi connectivity index (χ2v) is 7.27. The van der Waals surface area contributed by atoms with Gasteiger partial charge in [0.15, 0.2) is 5.82 Å². The average molecular weight is 381 g/mol. The standard InChI is InChI=1S/C18H25ClN4O3/c1-3-4-9-26-16-10-13(2)17(23(24)25)18-21(7-8-22(16)18)12-14-5-6-15(19)20-11-14/h5-6,11,13,16H,3-4,7-10,12H2,1-2H3. The van der Waals surface area contributed by atoms with Crippen molar-refractivity contribution in [2.75, 3.05) is 19.7 Å². The van der Waals surface area contributed by atoms with E-state index in [1.54, 1.807) is 12.3 Å². The first kappa shape index (κ1) is 18.9. The number of pyridine rings is 1. The molecule has 1 fully saturated rings. The van der Waals surface area contributed by atoms with Gasteiger partial charge in [0.25, 0.3) is 5.70 Å². The molecule has 0 amide bonds. The highest BCUT2D eigenvalue weighted by Crippen LogP contribution is 2.38. The number of allylic oxidation sites excluding steroid dienone is 1. The van der Waals surface area contributed by atoms with Crippen molar-refractivity contribution in [3.05, 3.63) is 50.7 Å². The molecule has 8 heteroatoms. The molecule has 2 aliphatic rings. The molecule has 7 nitrogen and oxygen atoms in total. The molecule has 0 spiro atoms. The molecule has 2 atom stereocenters.